The van der Waals surface area contributed by atoms with Gasteiger partial charge in [0.2, 0.25) is 5.95 Å². The monoisotopic (exact) mass is 269 g/mol. The van der Waals surface area contributed by atoms with Crippen LogP contribution in [0.5, 0.6) is 0 Å². The minimum absolute atomic E-state index is 0.689. The maximum Gasteiger partial charge on any atom is 0.223 e. The lowest BCUT2D eigenvalue weighted by Crippen LogP contribution is -2.03. The zero-order valence-corrected chi connectivity index (χ0v) is 11.6. The lowest BCUT2D eigenvalue weighted by atomic mass is 10.2. The number of nitrogens with zero attached hydrogens (tertiary/aromatic N) is 2. The Hall–Kier alpha value is -1.94. The van der Waals surface area contributed by atoms with Gasteiger partial charge in [-0.1, -0.05) is 25.1 Å². The van der Waals surface area contributed by atoms with Crippen molar-refractivity contribution in [3.05, 3.63) is 52.3 Å². The molecule has 1 N–H and O–H groups in total. The molecule has 2 heterocycles. The highest BCUT2D eigenvalue weighted by Crippen LogP contribution is 2.19. The number of aromatic nitrogens is 2. The number of nitrogens with one attached hydrogen (secondary N) is 1. The quantitative estimate of drug-likeness (QED) is 0.781. The Morgan fingerprint density at radius 1 is 1.21 bits per heavy atom. The third-order valence-corrected chi connectivity index (χ3v) is 4.08. The van der Waals surface area contributed by atoms with Gasteiger partial charge in [-0.2, -0.15) is 0 Å². The molecule has 4 heteroatoms. The van der Waals surface area contributed by atoms with Gasteiger partial charge in [-0.25, -0.2) is 9.97 Å². The largest absolute Gasteiger partial charge is 0.349 e. The maximum atomic E-state index is 4.51. The summed E-state index contributed by atoms with van der Waals surface area (Å²) in [6.45, 7) is 2.97. The number of rotatable bonds is 4. The van der Waals surface area contributed by atoms with Crippen molar-refractivity contribution in [2.75, 3.05) is 5.32 Å². The average molecular weight is 269 g/mol. The van der Waals surface area contributed by atoms with Gasteiger partial charge in [-0.05, 0) is 29.5 Å². The number of hydrogen-bond donors (Lipinski definition) is 1. The normalized spacial score (nSPS) is 10.8. The minimum Gasteiger partial charge on any atom is -0.349 e. The van der Waals surface area contributed by atoms with E-state index in [1.165, 1.54) is 10.4 Å². The van der Waals surface area contributed by atoms with E-state index in [2.05, 4.69) is 33.7 Å². The summed E-state index contributed by atoms with van der Waals surface area (Å²) in [5.41, 5.74) is 2.38. The van der Waals surface area contributed by atoms with Crippen LogP contribution in [0.25, 0.3) is 10.9 Å². The first-order valence-corrected chi connectivity index (χ1v) is 7.25. The van der Waals surface area contributed by atoms with E-state index in [1.807, 2.05) is 30.5 Å². The first kappa shape index (κ1) is 12.1. The molecule has 0 fully saturated rings. The summed E-state index contributed by atoms with van der Waals surface area (Å²) in [5.74, 6) is 0.689. The SMILES string of the molecule is CCc1ccsc1CNc1ncc2ccccc2n1. The minimum atomic E-state index is 0.689. The number of anilines is 1. The molecule has 1 aromatic carbocycles. The molecule has 3 nitrogen and oxygen atoms in total. The van der Waals surface area contributed by atoms with Gasteiger partial charge >= 0.3 is 0 Å². The zero-order valence-electron chi connectivity index (χ0n) is 10.8. The van der Waals surface area contributed by atoms with E-state index in [-0.39, 0.29) is 0 Å². The van der Waals surface area contributed by atoms with Gasteiger partial charge in [0.25, 0.3) is 0 Å². The van der Waals surface area contributed by atoms with E-state index < -0.39 is 0 Å². The smallest absolute Gasteiger partial charge is 0.223 e. The van der Waals surface area contributed by atoms with Crippen LogP contribution in [0.1, 0.15) is 17.4 Å². The van der Waals surface area contributed by atoms with Crippen LogP contribution < -0.4 is 5.32 Å². The Balaban J connectivity index is 1.78. The highest BCUT2D eigenvalue weighted by molar-refractivity contribution is 7.10. The standard InChI is InChI=1S/C15H15N3S/c1-2-11-7-8-19-14(11)10-17-15-16-9-12-5-3-4-6-13(12)18-15/h3-9H,2,10H2,1H3,(H,16,17,18). The molecule has 96 valence electrons. The Morgan fingerprint density at radius 2 is 2.11 bits per heavy atom. The van der Waals surface area contributed by atoms with Crippen molar-refractivity contribution in [1.29, 1.82) is 0 Å². The van der Waals surface area contributed by atoms with Gasteiger partial charge in [0.05, 0.1) is 12.1 Å². The van der Waals surface area contributed by atoms with Crippen LogP contribution >= 0.6 is 11.3 Å². The van der Waals surface area contributed by atoms with Gasteiger partial charge in [0.15, 0.2) is 0 Å². The topological polar surface area (TPSA) is 37.8 Å². The van der Waals surface area contributed by atoms with Crippen LogP contribution in [0.2, 0.25) is 0 Å². The summed E-state index contributed by atoms with van der Waals surface area (Å²) < 4.78 is 0. The Bertz CT molecular complexity index is 690. The fourth-order valence-corrected chi connectivity index (χ4v) is 2.97. The molecule has 2 aromatic heterocycles. The van der Waals surface area contributed by atoms with Crippen molar-refractivity contribution < 1.29 is 0 Å². The number of hydrogen-bond acceptors (Lipinski definition) is 4. The van der Waals surface area contributed by atoms with E-state index in [1.54, 1.807) is 11.3 Å². The van der Waals surface area contributed by atoms with Crippen molar-refractivity contribution >= 4 is 28.2 Å². The second-order valence-corrected chi connectivity index (χ2v) is 5.33. The van der Waals surface area contributed by atoms with Crippen molar-refractivity contribution in [3.8, 4) is 0 Å². The van der Waals surface area contributed by atoms with Gasteiger partial charge in [-0.3, -0.25) is 0 Å². The lowest BCUT2D eigenvalue weighted by Gasteiger charge is -2.05. The van der Waals surface area contributed by atoms with Crippen LogP contribution in [-0.4, -0.2) is 9.97 Å². The summed E-state index contributed by atoms with van der Waals surface area (Å²) in [6.07, 6.45) is 2.93. The summed E-state index contributed by atoms with van der Waals surface area (Å²) in [6, 6.07) is 10.2. The number of aryl methyl sites for hydroxylation is 1. The molecule has 3 aromatic rings. The fraction of sp³-hybridized carbons (Fsp3) is 0.200. The zero-order chi connectivity index (χ0) is 13.1. The van der Waals surface area contributed by atoms with Gasteiger partial charge in [0.1, 0.15) is 0 Å². The molecule has 0 radical (unpaired) electrons. The predicted molar refractivity (Wildman–Crippen MR) is 80.6 cm³/mol. The molecule has 3 rings (SSSR count). The van der Waals surface area contributed by atoms with Crippen molar-refractivity contribution in [2.24, 2.45) is 0 Å². The molecule has 0 spiro atoms. The second-order valence-electron chi connectivity index (χ2n) is 4.33. The van der Waals surface area contributed by atoms with Crippen LogP contribution in [0, 0.1) is 0 Å². The highest BCUT2D eigenvalue weighted by Gasteiger charge is 2.04. The highest BCUT2D eigenvalue weighted by atomic mass is 32.1. The van der Waals surface area contributed by atoms with E-state index in [0.717, 1.165) is 23.9 Å². The average Bonchev–Trinajstić information content (AvgIpc) is 2.92. The Labute approximate surface area is 116 Å². The first-order valence-electron chi connectivity index (χ1n) is 6.37. The van der Waals surface area contributed by atoms with Crippen LogP contribution in [0.3, 0.4) is 0 Å². The molecule has 0 bridgehead atoms. The van der Waals surface area contributed by atoms with Gasteiger partial charge in [-0.15, -0.1) is 11.3 Å². The molecule has 0 unspecified atom stereocenters. The van der Waals surface area contributed by atoms with Crippen LogP contribution in [0.4, 0.5) is 5.95 Å². The molecule has 19 heavy (non-hydrogen) atoms. The molecule has 0 amide bonds. The van der Waals surface area contributed by atoms with E-state index in [0.29, 0.717) is 5.95 Å². The van der Waals surface area contributed by atoms with Gasteiger partial charge in [0, 0.05) is 16.5 Å². The van der Waals surface area contributed by atoms with Crippen molar-refractivity contribution in [1.82, 2.24) is 9.97 Å². The summed E-state index contributed by atoms with van der Waals surface area (Å²) in [4.78, 5) is 10.2. The fourth-order valence-electron chi connectivity index (χ4n) is 2.05. The Morgan fingerprint density at radius 3 is 3.00 bits per heavy atom. The van der Waals surface area contributed by atoms with Crippen molar-refractivity contribution in [3.63, 3.8) is 0 Å². The van der Waals surface area contributed by atoms with Gasteiger partial charge < -0.3 is 5.32 Å². The predicted octanol–water partition coefficient (Wildman–Crippen LogP) is 3.87. The summed E-state index contributed by atoms with van der Waals surface area (Å²) in [7, 11) is 0. The molecular weight excluding hydrogens is 254 g/mol. The second kappa shape index (κ2) is 5.36. The number of thiophene rings is 1. The molecule has 0 atom stereocenters. The lowest BCUT2D eigenvalue weighted by molar-refractivity contribution is 1.05. The summed E-state index contributed by atoms with van der Waals surface area (Å²) in [5, 5.41) is 6.51. The van der Waals surface area contributed by atoms with E-state index in [4.69, 9.17) is 0 Å². The molecule has 0 aliphatic rings. The third kappa shape index (κ3) is 2.58. The van der Waals surface area contributed by atoms with E-state index >= 15 is 0 Å². The molecule has 0 aliphatic carbocycles. The summed E-state index contributed by atoms with van der Waals surface area (Å²) >= 11 is 1.78. The molecule has 0 aliphatic heterocycles. The van der Waals surface area contributed by atoms with Crippen molar-refractivity contribution in [2.45, 2.75) is 19.9 Å². The first-order chi connectivity index (χ1) is 9.36. The number of fused-ring (bicyclic) bond motifs is 1. The van der Waals surface area contributed by atoms with Crippen LogP contribution in [0.15, 0.2) is 41.9 Å². The Kier molecular flexibility index (Phi) is 3.42. The van der Waals surface area contributed by atoms with Crippen LogP contribution in [-0.2, 0) is 13.0 Å². The maximum absolute atomic E-state index is 4.51. The number of para-hydroxylation sites is 1. The molecule has 0 saturated heterocycles. The number of benzene rings is 1. The van der Waals surface area contributed by atoms with E-state index in [9.17, 15) is 0 Å². The molecule has 0 saturated carbocycles. The molecular formula is C15H15N3S. The third-order valence-electron chi connectivity index (χ3n) is 3.11.